The van der Waals surface area contributed by atoms with Crippen LogP contribution in [0.2, 0.25) is 0 Å². The first-order valence-corrected chi connectivity index (χ1v) is 9.99. The number of thiophene rings is 1. The summed E-state index contributed by atoms with van der Waals surface area (Å²) >= 11 is 1.97. The Morgan fingerprint density at radius 2 is 1.64 bits per heavy atom. The van der Waals surface area contributed by atoms with E-state index in [4.69, 9.17) is 0 Å². The van der Waals surface area contributed by atoms with E-state index in [1.54, 1.807) is 11.1 Å². The lowest BCUT2D eigenvalue weighted by Gasteiger charge is -2.09. The summed E-state index contributed by atoms with van der Waals surface area (Å²) in [5, 5.41) is 0. The number of rotatable bonds is 3. The van der Waals surface area contributed by atoms with E-state index in [2.05, 4.69) is 74.5 Å². The minimum atomic E-state index is 1.05. The maximum atomic E-state index is 2.43. The van der Waals surface area contributed by atoms with Crippen molar-refractivity contribution in [1.29, 1.82) is 0 Å². The zero-order chi connectivity index (χ0) is 17.2. The van der Waals surface area contributed by atoms with Crippen LogP contribution in [0.4, 0.5) is 0 Å². The molecule has 0 nitrogen and oxygen atoms in total. The molecule has 0 unspecified atom stereocenters. The van der Waals surface area contributed by atoms with Gasteiger partial charge >= 0.3 is 0 Å². The molecule has 1 aromatic heterocycles. The molecule has 25 heavy (non-hydrogen) atoms. The summed E-state index contributed by atoms with van der Waals surface area (Å²) in [5.41, 5.74) is 8.47. The molecule has 1 heterocycles. The Morgan fingerprint density at radius 1 is 0.960 bits per heavy atom. The summed E-state index contributed by atoms with van der Waals surface area (Å²) in [6.45, 7) is 4.30. The zero-order valence-corrected chi connectivity index (χ0v) is 15.8. The Morgan fingerprint density at radius 3 is 2.32 bits per heavy atom. The van der Waals surface area contributed by atoms with Crippen LogP contribution in [0.5, 0.6) is 0 Å². The first-order valence-electron chi connectivity index (χ1n) is 9.17. The van der Waals surface area contributed by atoms with E-state index in [1.165, 1.54) is 50.6 Å². The van der Waals surface area contributed by atoms with E-state index >= 15 is 0 Å². The Labute approximate surface area is 154 Å². The molecule has 0 aliphatic heterocycles. The van der Waals surface area contributed by atoms with Gasteiger partial charge in [0, 0.05) is 9.06 Å². The van der Waals surface area contributed by atoms with Crippen LogP contribution in [-0.4, -0.2) is 0 Å². The molecule has 3 aromatic rings. The minimum Gasteiger partial charge on any atom is -0.137 e. The van der Waals surface area contributed by atoms with Gasteiger partial charge in [-0.3, -0.25) is 0 Å². The van der Waals surface area contributed by atoms with Crippen LogP contribution in [0.15, 0.2) is 48.5 Å². The van der Waals surface area contributed by atoms with Gasteiger partial charge in [0.15, 0.2) is 0 Å². The van der Waals surface area contributed by atoms with Crippen molar-refractivity contribution < 1.29 is 0 Å². The average Bonchev–Trinajstić information content (AvgIpc) is 3.01. The van der Waals surface area contributed by atoms with Gasteiger partial charge in [0.25, 0.3) is 0 Å². The van der Waals surface area contributed by atoms with E-state index in [9.17, 15) is 0 Å². The lowest BCUT2D eigenvalue weighted by Crippen LogP contribution is -2.10. The molecule has 0 atom stereocenters. The molecule has 0 saturated heterocycles. The highest BCUT2D eigenvalue weighted by Crippen LogP contribution is 2.22. The van der Waals surface area contributed by atoms with Crippen molar-refractivity contribution in [3.63, 3.8) is 0 Å². The van der Waals surface area contributed by atoms with Crippen molar-refractivity contribution in [3.8, 4) is 11.1 Å². The van der Waals surface area contributed by atoms with Gasteiger partial charge < -0.3 is 0 Å². The highest BCUT2D eigenvalue weighted by Gasteiger charge is 2.13. The molecule has 0 saturated carbocycles. The fourth-order valence-corrected chi connectivity index (χ4v) is 4.91. The van der Waals surface area contributed by atoms with E-state index in [0.717, 1.165) is 6.42 Å². The van der Waals surface area contributed by atoms with Crippen molar-refractivity contribution >= 4 is 23.5 Å². The van der Waals surface area contributed by atoms with Gasteiger partial charge in [0.2, 0.25) is 0 Å². The van der Waals surface area contributed by atoms with Crippen LogP contribution in [-0.2, 0) is 12.8 Å². The van der Waals surface area contributed by atoms with E-state index in [0.29, 0.717) is 0 Å². The Kier molecular flexibility index (Phi) is 4.59. The van der Waals surface area contributed by atoms with Crippen LogP contribution < -0.4 is 9.06 Å². The van der Waals surface area contributed by atoms with Crippen molar-refractivity contribution in [2.45, 2.75) is 39.5 Å². The second-order valence-electron chi connectivity index (χ2n) is 6.91. The first kappa shape index (κ1) is 16.4. The molecule has 0 radical (unpaired) electrons. The van der Waals surface area contributed by atoms with Crippen LogP contribution >= 0.6 is 11.3 Å². The van der Waals surface area contributed by atoms with E-state index in [-0.39, 0.29) is 0 Å². The molecular formula is C24H24S. The third-order valence-electron chi connectivity index (χ3n) is 5.12. The van der Waals surface area contributed by atoms with Gasteiger partial charge in [-0.25, -0.2) is 0 Å². The number of fused-ring (bicyclic) bond motifs is 1. The normalized spacial score (nSPS) is 14.2. The molecule has 1 aliphatic rings. The van der Waals surface area contributed by atoms with Crippen molar-refractivity contribution in [3.05, 3.63) is 79.8 Å². The Hall–Kier alpha value is -2.12. The van der Waals surface area contributed by atoms with Crippen molar-refractivity contribution in [2.24, 2.45) is 0 Å². The quantitative estimate of drug-likeness (QED) is 0.610. The summed E-state index contributed by atoms with van der Waals surface area (Å²) in [7, 11) is 0. The number of hydrogen-bond donors (Lipinski definition) is 0. The lowest BCUT2D eigenvalue weighted by molar-refractivity contribution is 0.833. The maximum Gasteiger partial charge on any atom is 0.0272 e. The van der Waals surface area contributed by atoms with Gasteiger partial charge in [-0.2, -0.15) is 0 Å². The minimum absolute atomic E-state index is 1.05. The van der Waals surface area contributed by atoms with Crippen LogP contribution in [0.3, 0.4) is 0 Å². The fraction of sp³-hybridized carbons (Fsp3) is 0.250. The fourth-order valence-electron chi connectivity index (χ4n) is 3.68. The average molecular weight is 345 g/mol. The highest BCUT2D eigenvalue weighted by atomic mass is 32.1. The van der Waals surface area contributed by atoms with Crippen LogP contribution in [0.1, 0.15) is 42.0 Å². The van der Waals surface area contributed by atoms with Gasteiger partial charge in [-0.1, -0.05) is 66.2 Å². The molecule has 1 aliphatic carbocycles. The molecule has 0 amide bonds. The molecule has 1 heteroatoms. The first-order chi connectivity index (χ1) is 12.2. The number of benzene rings is 2. The molecule has 2 aromatic carbocycles. The summed E-state index contributed by atoms with van der Waals surface area (Å²) in [6, 6.07) is 17.9. The molecule has 4 rings (SSSR count). The zero-order valence-electron chi connectivity index (χ0n) is 15.0. The van der Waals surface area contributed by atoms with Crippen LogP contribution in [0.25, 0.3) is 23.3 Å². The topological polar surface area (TPSA) is 0 Å². The number of hydrogen-bond acceptors (Lipinski definition) is 1. The van der Waals surface area contributed by atoms with E-state index < -0.39 is 0 Å². The van der Waals surface area contributed by atoms with E-state index in [1.807, 2.05) is 11.3 Å². The smallest absolute Gasteiger partial charge is 0.0272 e. The third-order valence-corrected chi connectivity index (χ3v) is 6.46. The second kappa shape index (κ2) is 7.01. The second-order valence-corrected chi connectivity index (χ2v) is 8.00. The predicted octanol–water partition coefficient (Wildman–Crippen LogP) is 5.23. The molecule has 0 spiro atoms. The molecule has 0 N–H and O–H groups in total. The monoisotopic (exact) mass is 344 g/mol. The SMILES string of the molecule is C/C=c1/sc2c(c1Cc1ccc(-c3ccc(C)cc3)cc1)CCCC=2. The Bertz CT molecular complexity index is 986. The molecule has 126 valence electrons. The van der Waals surface area contributed by atoms with Gasteiger partial charge in [-0.05, 0) is 67.3 Å². The molecule has 0 fully saturated rings. The molecule has 0 bridgehead atoms. The van der Waals surface area contributed by atoms with Crippen molar-refractivity contribution in [2.75, 3.05) is 0 Å². The lowest BCUT2D eigenvalue weighted by atomic mass is 9.95. The summed E-state index contributed by atoms with van der Waals surface area (Å²) in [6.07, 6.45) is 9.54. The summed E-state index contributed by atoms with van der Waals surface area (Å²) in [4.78, 5) is 0. The van der Waals surface area contributed by atoms with Gasteiger partial charge in [-0.15, -0.1) is 11.3 Å². The standard InChI is InChI=1S/C24H24S/c1-3-23-22(21-6-4-5-7-24(21)25-23)16-18-10-14-20(15-11-18)19-12-8-17(2)9-13-19/h3,7-15H,4-6,16H2,1-2H3/b23-3+. The van der Waals surface area contributed by atoms with Crippen molar-refractivity contribution in [1.82, 2.24) is 0 Å². The maximum absolute atomic E-state index is 2.43. The molecular weight excluding hydrogens is 320 g/mol. The Balaban J connectivity index is 1.64. The third kappa shape index (κ3) is 3.34. The van der Waals surface area contributed by atoms with Crippen LogP contribution in [0, 0.1) is 6.92 Å². The highest BCUT2D eigenvalue weighted by molar-refractivity contribution is 7.08. The summed E-state index contributed by atoms with van der Waals surface area (Å²) < 4.78 is 2.98. The largest absolute Gasteiger partial charge is 0.137 e. The van der Waals surface area contributed by atoms with Gasteiger partial charge in [0.05, 0.1) is 0 Å². The predicted molar refractivity (Wildman–Crippen MR) is 111 cm³/mol. The van der Waals surface area contributed by atoms with Gasteiger partial charge in [0.1, 0.15) is 0 Å². The summed E-state index contributed by atoms with van der Waals surface area (Å²) in [5.74, 6) is 0. The number of aryl methyl sites for hydroxylation is 1.